The molecule has 138 valence electrons. The summed E-state index contributed by atoms with van der Waals surface area (Å²) in [5.41, 5.74) is 4.13. The minimum Gasteiger partial charge on any atom is -0.493 e. The van der Waals surface area contributed by atoms with Crippen molar-refractivity contribution in [2.45, 2.75) is 65.0 Å². The van der Waals surface area contributed by atoms with E-state index in [-0.39, 0.29) is 12.1 Å². The van der Waals surface area contributed by atoms with Crippen LogP contribution in [-0.4, -0.2) is 38.0 Å². The highest BCUT2D eigenvalue weighted by Crippen LogP contribution is 2.20. The van der Waals surface area contributed by atoms with Crippen molar-refractivity contribution in [3.05, 3.63) is 29.8 Å². The van der Waals surface area contributed by atoms with Gasteiger partial charge in [0, 0.05) is 12.8 Å². The maximum atomic E-state index is 11.7. The highest BCUT2D eigenvalue weighted by Gasteiger charge is 2.11. The summed E-state index contributed by atoms with van der Waals surface area (Å²) in [4.78, 5) is 11.7. The molecule has 1 N–H and O–H groups in total. The summed E-state index contributed by atoms with van der Waals surface area (Å²) in [6, 6.07) is 7.64. The predicted molar refractivity (Wildman–Crippen MR) is 103 cm³/mol. The quantitative estimate of drug-likeness (QED) is 0.436. The third-order valence-corrected chi connectivity index (χ3v) is 4.10. The normalized spacial score (nSPS) is 12.3. The van der Waals surface area contributed by atoms with Crippen molar-refractivity contribution in [1.29, 1.82) is 0 Å². The van der Waals surface area contributed by atoms with Crippen LogP contribution in [0.3, 0.4) is 0 Å². The molecule has 0 aliphatic carbocycles. The molecule has 0 saturated heterocycles. The summed E-state index contributed by atoms with van der Waals surface area (Å²) >= 11 is 0. The number of aryl methyl sites for hydroxylation is 1. The predicted octanol–water partition coefficient (Wildman–Crippen LogP) is 3.58. The smallest absolute Gasteiger partial charge is 0.306 e. The zero-order valence-electron chi connectivity index (χ0n) is 16.0. The van der Waals surface area contributed by atoms with Crippen LogP contribution in [0.15, 0.2) is 24.3 Å². The van der Waals surface area contributed by atoms with E-state index in [0.29, 0.717) is 25.9 Å². The second-order valence-electron chi connectivity index (χ2n) is 7.32. The number of esters is 1. The van der Waals surface area contributed by atoms with Crippen molar-refractivity contribution in [3.63, 3.8) is 0 Å². The van der Waals surface area contributed by atoms with Gasteiger partial charge in [0.2, 0.25) is 0 Å². The molecule has 1 atom stereocenters. The lowest BCUT2D eigenvalue weighted by Crippen LogP contribution is -2.18. The van der Waals surface area contributed by atoms with Crippen LogP contribution in [-0.2, 0) is 16.0 Å². The Balaban J connectivity index is 2.51. The fourth-order valence-corrected chi connectivity index (χ4v) is 2.66. The highest BCUT2D eigenvalue weighted by molar-refractivity contribution is 6.83. The van der Waals surface area contributed by atoms with Gasteiger partial charge in [-0.25, -0.2) is 0 Å². The van der Waals surface area contributed by atoms with Crippen LogP contribution in [0.5, 0.6) is 5.75 Å². The Morgan fingerprint density at radius 3 is 2.56 bits per heavy atom. The third-order valence-electron chi connectivity index (χ3n) is 3.20. The number of carbonyl (C=O) groups is 1. The average molecular weight is 363 g/mol. The van der Waals surface area contributed by atoms with E-state index in [4.69, 9.17) is 9.47 Å². The van der Waals surface area contributed by atoms with E-state index >= 15 is 0 Å². The first-order chi connectivity index (χ1) is 11.7. The van der Waals surface area contributed by atoms with E-state index in [1.165, 1.54) is 0 Å². The van der Waals surface area contributed by atoms with Crippen molar-refractivity contribution >= 4 is 14.0 Å². The van der Waals surface area contributed by atoms with Crippen molar-refractivity contribution < 1.29 is 19.4 Å². The van der Waals surface area contributed by atoms with E-state index in [2.05, 4.69) is 31.1 Å². The van der Waals surface area contributed by atoms with Gasteiger partial charge in [0.15, 0.2) is 0 Å². The van der Waals surface area contributed by atoms with Crippen molar-refractivity contribution in [2.75, 3.05) is 6.61 Å². The summed E-state index contributed by atoms with van der Waals surface area (Å²) in [6.07, 6.45) is 0.585. The number of aliphatic hydroxyl groups excluding tert-OH is 1. The number of carbonyl (C=O) groups excluding carboxylic acids is 1. The third kappa shape index (κ3) is 9.95. The molecule has 1 unspecified atom stereocenters. The standard InChI is InChI=1S/C20H30O4Si/c1-16(2)24-20(22)11-10-17-8-6-7-9-19(17)23-14-12-18(21)13-15-25(3,4)5/h6-9,16,18,21H,10-12,14H2,1-5H3. The molecule has 25 heavy (non-hydrogen) atoms. The Labute approximate surface area is 152 Å². The zero-order chi connectivity index (χ0) is 18.9. The van der Waals surface area contributed by atoms with Gasteiger partial charge in [-0.3, -0.25) is 4.79 Å². The fraction of sp³-hybridized carbons (Fsp3) is 0.550. The molecular formula is C20H30O4Si. The monoisotopic (exact) mass is 362 g/mol. The van der Waals surface area contributed by atoms with E-state index in [9.17, 15) is 9.90 Å². The van der Waals surface area contributed by atoms with E-state index < -0.39 is 14.2 Å². The van der Waals surface area contributed by atoms with Crippen molar-refractivity contribution in [3.8, 4) is 17.2 Å². The van der Waals surface area contributed by atoms with Gasteiger partial charge in [0.25, 0.3) is 0 Å². The lowest BCUT2D eigenvalue weighted by atomic mass is 10.1. The van der Waals surface area contributed by atoms with Crippen LogP contribution in [0, 0.1) is 11.5 Å². The van der Waals surface area contributed by atoms with Crippen LogP contribution < -0.4 is 4.74 Å². The topological polar surface area (TPSA) is 55.8 Å². The van der Waals surface area contributed by atoms with E-state index in [1.807, 2.05) is 38.1 Å². The number of benzene rings is 1. The van der Waals surface area contributed by atoms with Crippen LogP contribution >= 0.6 is 0 Å². The number of ether oxygens (including phenoxy) is 2. The maximum Gasteiger partial charge on any atom is 0.306 e. The Morgan fingerprint density at radius 1 is 1.24 bits per heavy atom. The zero-order valence-corrected chi connectivity index (χ0v) is 17.0. The molecule has 0 spiro atoms. The molecule has 4 nitrogen and oxygen atoms in total. The summed E-state index contributed by atoms with van der Waals surface area (Å²) in [7, 11) is -1.47. The van der Waals surface area contributed by atoms with Gasteiger partial charge in [-0.15, -0.1) is 5.54 Å². The second-order valence-corrected chi connectivity index (χ2v) is 12.1. The Bertz CT molecular complexity index is 608. The Morgan fingerprint density at radius 2 is 1.92 bits per heavy atom. The maximum absolute atomic E-state index is 11.7. The summed E-state index contributed by atoms with van der Waals surface area (Å²) in [5, 5.41) is 9.93. The summed E-state index contributed by atoms with van der Waals surface area (Å²) in [6.45, 7) is 10.5. The van der Waals surface area contributed by atoms with Gasteiger partial charge in [-0.2, -0.15) is 0 Å². The number of para-hydroxylation sites is 1. The molecule has 1 rings (SSSR count). The molecule has 0 saturated carbocycles. The number of aliphatic hydroxyl groups is 1. The van der Waals surface area contributed by atoms with Crippen LogP contribution in [0.4, 0.5) is 0 Å². The second kappa shape index (κ2) is 10.3. The largest absolute Gasteiger partial charge is 0.493 e. The molecule has 0 aromatic heterocycles. The van der Waals surface area contributed by atoms with Gasteiger partial charge < -0.3 is 14.6 Å². The van der Waals surface area contributed by atoms with Crippen LogP contribution in [0.1, 0.15) is 32.3 Å². The minimum absolute atomic E-state index is 0.0993. The molecule has 0 heterocycles. The number of hydrogen-bond acceptors (Lipinski definition) is 4. The van der Waals surface area contributed by atoms with Crippen molar-refractivity contribution in [2.24, 2.45) is 0 Å². The summed E-state index contributed by atoms with van der Waals surface area (Å²) < 4.78 is 10.9. The SMILES string of the molecule is CC(C)OC(=O)CCc1ccccc1OCCC(O)C#C[Si](C)(C)C. The Hall–Kier alpha value is -1.77. The lowest BCUT2D eigenvalue weighted by molar-refractivity contribution is -0.147. The Kier molecular flexibility index (Phi) is 8.74. The molecule has 5 heteroatoms. The fourth-order valence-electron chi connectivity index (χ4n) is 2.06. The molecule has 0 fully saturated rings. The molecule has 0 aliphatic rings. The molecule has 0 amide bonds. The van der Waals surface area contributed by atoms with Crippen LogP contribution in [0.2, 0.25) is 19.6 Å². The molecule has 0 radical (unpaired) electrons. The van der Waals surface area contributed by atoms with E-state index in [0.717, 1.165) is 11.3 Å². The first-order valence-electron chi connectivity index (χ1n) is 8.78. The number of rotatable bonds is 8. The minimum atomic E-state index is -1.47. The molecule has 1 aromatic carbocycles. The molecule has 1 aromatic rings. The van der Waals surface area contributed by atoms with Gasteiger partial charge >= 0.3 is 5.97 Å². The first kappa shape index (κ1) is 21.3. The van der Waals surface area contributed by atoms with Crippen LogP contribution in [0.25, 0.3) is 0 Å². The van der Waals surface area contributed by atoms with Crippen molar-refractivity contribution in [1.82, 2.24) is 0 Å². The highest BCUT2D eigenvalue weighted by atomic mass is 28.3. The van der Waals surface area contributed by atoms with Gasteiger partial charge in [0.1, 0.15) is 19.9 Å². The molecule has 0 aliphatic heterocycles. The first-order valence-corrected chi connectivity index (χ1v) is 12.3. The van der Waals surface area contributed by atoms with Gasteiger partial charge in [-0.05, 0) is 31.9 Å². The van der Waals surface area contributed by atoms with Gasteiger partial charge in [0.05, 0.1) is 12.7 Å². The number of hydrogen-bond donors (Lipinski definition) is 1. The van der Waals surface area contributed by atoms with E-state index in [1.54, 1.807) is 0 Å². The molecule has 0 bridgehead atoms. The molecular weight excluding hydrogens is 332 g/mol. The summed E-state index contributed by atoms with van der Waals surface area (Å²) in [5.74, 6) is 3.44. The lowest BCUT2D eigenvalue weighted by Gasteiger charge is -2.13. The van der Waals surface area contributed by atoms with Gasteiger partial charge in [-0.1, -0.05) is 43.8 Å². The average Bonchev–Trinajstić information content (AvgIpc) is 2.50.